The normalized spacial score (nSPS) is 9.25. The highest BCUT2D eigenvalue weighted by Crippen LogP contribution is 1.99. The third-order valence-corrected chi connectivity index (χ3v) is 2.93. The zero-order valence-electron chi connectivity index (χ0n) is 12.1. The summed E-state index contributed by atoms with van der Waals surface area (Å²) in [4.78, 5) is 21.7. The highest BCUT2D eigenvalue weighted by Gasteiger charge is 1.93. The second kappa shape index (κ2) is 7.48. The van der Waals surface area contributed by atoms with Crippen LogP contribution in [0.5, 0.6) is 0 Å². The molecule has 0 amide bonds. The summed E-state index contributed by atoms with van der Waals surface area (Å²) in [5.41, 5.74) is 3.42. The van der Waals surface area contributed by atoms with Gasteiger partial charge in [-0.2, -0.15) is 0 Å². The van der Waals surface area contributed by atoms with Crippen molar-refractivity contribution in [3.63, 3.8) is 0 Å². The fourth-order valence-corrected chi connectivity index (χ4v) is 1.59. The summed E-state index contributed by atoms with van der Waals surface area (Å²) in [5.74, 6) is 0. The molecule has 0 aliphatic heterocycles. The highest BCUT2D eigenvalue weighted by atomic mass is 16.1. The molecule has 2 heterocycles. The molecule has 0 unspecified atom stereocenters. The van der Waals surface area contributed by atoms with Crippen molar-refractivity contribution >= 4 is 0 Å². The third-order valence-electron chi connectivity index (χ3n) is 2.93. The maximum absolute atomic E-state index is 11.0. The lowest BCUT2D eigenvalue weighted by molar-refractivity contribution is 0.846. The van der Waals surface area contributed by atoms with E-state index in [1.807, 2.05) is 39.2 Å². The Morgan fingerprint density at radius 1 is 0.800 bits per heavy atom. The van der Waals surface area contributed by atoms with Crippen molar-refractivity contribution in [2.24, 2.45) is 14.1 Å². The van der Waals surface area contributed by atoms with Crippen molar-refractivity contribution in [3.8, 4) is 0 Å². The highest BCUT2D eigenvalue weighted by molar-refractivity contribution is 5.19. The van der Waals surface area contributed by atoms with E-state index in [0.717, 1.165) is 16.7 Å². The van der Waals surface area contributed by atoms with Crippen LogP contribution in [0.3, 0.4) is 0 Å². The standard InChI is InChI=1S/C8H11NO.C7H9NO.CH4/c1-6-4-8(10)9(3)5-7(6)2;1-6-3-4-7(9)8(2)5-6;/h4-5H,1-3H3;3-5H,1-2H3;1H4. The Balaban J connectivity index is 0.000000345. The lowest BCUT2D eigenvalue weighted by Gasteiger charge is -2.00. The Kier molecular flexibility index (Phi) is 6.69. The molecule has 0 saturated carbocycles. The summed E-state index contributed by atoms with van der Waals surface area (Å²) < 4.78 is 3.15. The van der Waals surface area contributed by atoms with Crippen LogP contribution >= 0.6 is 0 Å². The number of pyridine rings is 2. The van der Waals surface area contributed by atoms with Gasteiger partial charge in [0.25, 0.3) is 5.56 Å². The molecule has 0 aliphatic carbocycles. The molecule has 2 aromatic rings. The number of hydrogen-bond donors (Lipinski definition) is 0. The molecule has 2 aromatic heterocycles. The Hall–Kier alpha value is -2.10. The van der Waals surface area contributed by atoms with Crippen LogP contribution in [0, 0.1) is 20.8 Å². The van der Waals surface area contributed by atoms with E-state index in [2.05, 4.69) is 0 Å². The van der Waals surface area contributed by atoms with Gasteiger partial charge in [-0.1, -0.05) is 13.5 Å². The van der Waals surface area contributed by atoms with Gasteiger partial charge in [-0.3, -0.25) is 9.59 Å². The molecule has 0 N–H and O–H groups in total. The molecule has 0 radical (unpaired) electrons. The number of rotatable bonds is 0. The molecule has 0 atom stereocenters. The first kappa shape index (κ1) is 17.9. The lowest BCUT2D eigenvalue weighted by atomic mass is 10.2. The Morgan fingerprint density at radius 3 is 1.80 bits per heavy atom. The molecule has 0 saturated heterocycles. The minimum Gasteiger partial charge on any atom is -0.318 e. The van der Waals surface area contributed by atoms with Crippen LogP contribution in [-0.4, -0.2) is 9.13 Å². The SMILES string of the molecule is C.Cc1cc(=O)n(C)cc1C.Cc1ccc(=O)n(C)c1. The van der Waals surface area contributed by atoms with Crippen LogP contribution in [-0.2, 0) is 14.1 Å². The maximum atomic E-state index is 11.0. The quantitative estimate of drug-likeness (QED) is 0.741. The summed E-state index contributed by atoms with van der Waals surface area (Å²) in [7, 11) is 3.50. The van der Waals surface area contributed by atoms with E-state index in [4.69, 9.17) is 0 Å². The average molecular weight is 276 g/mol. The lowest BCUT2D eigenvalue weighted by Crippen LogP contribution is -2.15. The van der Waals surface area contributed by atoms with Gasteiger partial charge in [-0.15, -0.1) is 0 Å². The third kappa shape index (κ3) is 4.88. The molecule has 4 nitrogen and oxygen atoms in total. The van der Waals surface area contributed by atoms with Gasteiger partial charge >= 0.3 is 0 Å². The molecule has 0 bridgehead atoms. The Labute approximate surface area is 120 Å². The molecule has 4 heteroatoms. The number of aryl methyl sites for hydroxylation is 5. The summed E-state index contributed by atoms with van der Waals surface area (Å²) in [5, 5.41) is 0. The predicted octanol–water partition coefficient (Wildman–Crippen LogP) is 2.33. The number of aromatic nitrogens is 2. The van der Waals surface area contributed by atoms with Crippen molar-refractivity contribution < 1.29 is 0 Å². The number of nitrogens with zero attached hydrogens (tertiary/aromatic N) is 2. The van der Waals surface area contributed by atoms with E-state index in [9.17, 15) is 9.59 Å². The van der Waals surface area contributed by atoms with E-state index in [-0.39, 0.29) is 18.5 Å². The van der Waals surface area contributed by atoms with Gasteiger partial charge in [0.1, 0.15) is 0 Å². The van der Waals surface area contributed by atoms with Gasteiger partial charge in [-0.25, -0.2) is 0 Å². The monoisotopic (exact) mass is 276 g/mol. The summed E-state index contributed by atoms with van der Waals surface area (Å²) >= 11 is 0. The fourth-order valence-electron chi connectivity index (χ4n) is 1.59. The summed E-state index contributed by atoms with van der Waals surface area (Å²) in [6.45, 7) is 5.89. The van der Waals surface area contributed by atoms with Crippen LogP contribution in [0.2, 0.25) is 0 Å². The largest absolute Gasteiger partial charge is 0.318 e. The number of hydrogen-bond acceptors (Lipinski definition) is 2. The second-order valence-electron chi connectivity index (χ2n) is 4.74. The zero-order chi connectivity index (χ0) is 14.6. The van der Waals surface area contributed by atoms with Crippen molar-refractivity contribution in [1.29, 1.82) is 0 Å². The van der Waals surface area contributed by atoms with E-state index in [1.54, 1.807) is 35.4 Å². The van der Waals surface area contributed by atoms with Crippen LogP contribution in [0.15, 0.2) is 40.2 Å². The van der Waals surface area contributed by atoms with Gasteiger partial charge in [0, 0.05) is 38.6 Å². The van der Waals surface area contributed by atoms with E-state index < -0.39 is 0 Å². The summed E-state index contributed by atoms with van der Waals surface area (Å²) in [6.07, 6.45) is 3.65. The predicted molar refractivity (Wildman–Crippen MR) is 84.3 cm³/mol. The van der Waals surface area contributed by atoms with Gasteiger partial charge in [-0.05, 0) is 37.5 Å². The molecule has 0 aromatic carbocycles. The Morgan fingerprint density at radius 2 is 1.35 bits per heavy atom. The topological polar surface area (TPSA) is 44.0 Å². The molecule has 0 fully saturated rings. The first-order valence-corrected chi connectivity index (χ1v) is 6.08. The van der Waals surface area contributed by atoms with Crippen LogP contribution in [0.4, 0.5) is 0 Å². The molecular weight excluding hydrogens is 252 g/mol. The van der Waals surface area contributed by atoms with Gasteiger partial charge in [0.05, 0.1) is 0 Å². The van der Waals surface area contributed by atoms with E-state index in [1.165, 1.54) is 0 Å². The van der Waals surface area contributed by atoms with Crippen molar-refractivity contribution in [3.05, 3.63) is 68.0 Å². The minimum absolute atomic E-state index is 0. The van der Waals surface area contributed by atoms with Crippen molar-refractivity contribution in [1.82, 2.24) is 9.13 Å². The van der Waals surface area contributed by atoms with Crippen molar-refractivity contribution in [2.45, 2.75) is 28.2 Å². The molecule has 2 rings (SSSR count). The first-order valence-electron chi connectivity index (χ1n) is 6.08. The Bertz CT molecular complexity index is 682. The molecular formula is C16H24N2O2. The second-order valence-corrected chi connectivity index (χ2v) is 4.74. The maximum Gasteiger partial charge on any atom is 0.250 e. The van der Waals surface area contributed by atoms with Crippen LogP contribution in [0.1, 0.15) is 24.1 Å². The molecule has 0 spiro atoms. The first-order chi connectivity index (χ1) is 8.81. The van der Waals surface area contributed by atoms with Crippen LogP contribution in [0.25, 0.3) is 0 Å². The van der Waals surface area contributed by atoms with E-state index in [0.29, 0.717) is 0 Å². The molecule has 20 heavy (non-hydrogen) atoms. The van der Waals surface area contributed by atoms with Gasteiger partial charge in [0.2, 0.25) is 5.56 Å². The molecule has 110 valence electrons. The van der Waals surface area contributed by atoms with Crippen LogP contribution < -0.4 is 11.1 Å². The zero-order valence-corrected chi connectivity index (χ0v) is 12.1. The fraction of sp³-hybridized carbons (Fsp3) is 0.375. The smallest absolute Gasteiger partial charge is 0.250 e. The average Bonchev–Trinajstić information content (AvgIpc) is 2.33. The minimum atomic E-state index is 0. The summed E-state index contributed by atoms with van der Waals surface area (Å²) in [6, 6.07) is 5.02. The van der Waals surface area contributed by atoms with E-state index >= 15 is 0 Å². The van der Waals surface area contributed by atoms with Crippen molar-refractivity contribution in [2.75, 3.05) is 0 Å². The molecule has 0 aliphatic rings. The van der Waals surface area contributed by atoms with Gasteiger partial charge in [0.15, 0.2) is 0 Å². The van der Waals surface area contributed by atoms with Gasteiger partial charge < -0.3 is 9.13 Å².